The van der Waals surface area contributed by atoms with Gasteiger partial charge < -0.3 is 9.15 Å². The van der Waals surface area contributed by atoms with Gasteiger partial charge >= 0.3 is 0 Å². The maximum absolute atomic E-state index is 6.44. The Morgan fingerprint density at radius 2 is 1.03 bits per heavy atom. The smallest absolute Gasteiger partial charge is 0.180 e. The third kappa shape index (κ3) is 5.77. The maximum Gasteiger partial charge on any atom is 0.180 e. The van der Waals surface area contributed by atoms with E-state index in [0.29, 0.717) is 40.3 Å². The highest BCUT2D eigenvalue weighted by Gasteiger charge is 2.22. The molecule has 0 aliphatic heterocycles. The van der Waals surface area contributed by atoms with Crippen LogP contribution in [0, 0.1) is 0 Å². The Morgan fingerprint density at radius 1 is 0.431 bits per heavy atom. The predicted octanol–water partition coefficient (Wildman–Crippen LogP) is 12.9. The van der Waals surface area contributed by atoms with Gasteiger partial charge in [-0.3, -0.25) is 0 Å². The van der Waals surface area contributed by atoms with Crippen LogP contribution in [0.2, 0.25) is 0 Å². The Bertz CT molecular complexity index is 3340. The molecule has 0 amide bonds. The number of nitrogens with zero attached hydrogens (tertiary/aromatic N) is 5. The first-order valence-electron chi connectivity index (χ1n) is 18.9. The first kappa shape index (κ1) is 33.8. The van der Waals surface area contributed by atoms with Crippen LogP contribution in [-0.4, -0.2) is 32.0 Å². The van der Waals surface area contributed by atoms with Crippen molar-refractivity contribution >= 4 is 53.6 Å². The van der Waals surface area contributed by atoms with Gasteiger partial charge in [0, 0.05) is 58.9 Å². The van der Waals surface area contributed by atoms with E-state index >= 15 is 0 Å². The van der Waals surface area contributed by atoms with Crippen LogP contribution in [0.4, 0.5) is 0 Å². The van der Waals surface area contributed by atoms with E-state index in [1.807, 2.05) is 103 Å². The lowest BCUT2D eigenvalue weighted by molar-refractivity contribution is 0.416. The summed E-state index contributed by atoms with van der Waals surface area (Å²) in [5.74, 6) is 3.05. The molecule has 0 fully saturated rings. The van der Waals surface area contributed by atoms with Crippen molar-refractivity contribution in [3.63, 3.8) is 0 Å². The number of rotatable bonds is 7. The fraction of sp³-hybridized carbons (Fsp3) is 0.0200. The first-order valence-corrected chi connectivity index (χ1v) is 19.8. The third-order valence-electron chi connectivity index (χ3n) is 10.5. The van der Waals surface area contributed by atoms with Gasteiger partial charge in [-0.05, 0) is 54.1 Å². The monoisotopic (exact) mass is 765 g/mol. The van der Waals surface area contributed by atoms with Gasteiger partial charge in [-0.15, -0.1) is 11.3 Å². The van der Waals surface area contributed by atoms with Gasteiger partial charge in [-0.25, -0.2) is 24.9 Å². The molecule has 7 nitrogen and oxygen atoms in total. The summed E-state index contributed by atoms with van der Waals surface area (Å²) in [6.07, 6.45) is 0. The van der Waals surface area contributed by atoms with Crippen LogP contribution in [0.25, 0.3) is 110 Å². The highest BCUT2D eigenvalue weighted by Crippen LogP contribution is 2.42. The van der Waals surface area contributed by atoms with E-state index in [4.69, 9.17) is 34.1 Å². The molecule has 0 radical (unpaired) electrons. The molecule has 0 N–H and O–H groups in total. The number of hydrogen-bond donors (Lipinski definition) is 0. The fourth-order valence-electron chi connectivity index (χ4n) is 7.68. The van der Waals surface area contributed by atoms with Crippen molar-refractivity contribution in [2.75, 3.05) is 7.11 Å². The Balaban J connectivity index is 1.07. The van der Waals surface area contributed by atoms with Crippen LogP contribution in [0.5, 0.6) is 5.75 Å². The van der Waals surface area contributed by atoms with Gasteiger partial charge in [0.25, 0.3) is 0 Å². The van der Waals surface area contributed by atoms with Crippen LogP contribution >= 0.6 is 11.3 Å². The Hall–Kier alpha value is -7.55. The lowest BCUT2D eigenvalue weighted by Gasteiger charge is -2.15. The Kier molecular flexibility index (Phi) is 8.08. The number of aromatic nitrogens is 5. The summed E-state index contributed by atoms with van der Waals surface area (Å²) in [4.78, 5) is 25.5. The zero-order valence-corrected chi connectivity index (χ0v) is 31.9. The van der Waals surface area contributed by atoms with Crippen LogP contribution in [0.15, 0.2) is 174 Å². The zero-order chi connectivity index (χ0) is 38.6. The molecule has 0 aliphatic rings. The summed E-state index contributed by atoms with van der Waals surface area (Å²) in [5.41, 5.74) is 9.07. The van der Waals surface area contributed by atoms with Crippen LogP contribution in [-0.2, 0) is 0 Å². The van der Waals surface area contributed by atoms with Gasteiger partial charge in [-0.1, -0.05) is 121 Å². The molecule has 0 saturated carbocycles. The van der Waals surface area contributed by atoms with E-state index in [0.717, 1.165) is 55.4 Å². The van der Waals surface area contributed by atoms with Crippen LogP contribution in [0.1, 0.15) is 0 Å². The molecule has 4 heterocycles. The second-order valence-electron chi connectivity index (χ2n) is 14.0. The third-order valence-corrected chi connectivity index (χ3v) is 11.6. The Labute approximate surface area is 337 Å². The van der Waals surface area contributed by atoms with E-state index in [1.165, 1.54) is 20.2 Å². The summed E-state index contributed by atoms with van der Waals surface area (Å²) in [6.45, 7) is 0. The van der Waals surface area contributed by atoms with Crippen molar-refractivity contribution in [3.05, 3.63) is 170 Å². The quantitative estimate of drug-likeness (QED) is 0.160. The number of methoxy groups -OCH3 is 1. The van der Waals surface area contributed by atoms with Crippen molar-refractivity contribution < 1.29 is 9.15 Å². The van der Waals surface area contributed by atoms with Crippen molar-refractivity contribution in [1.29, 1.82) is 0 Å². The van der Waals surface area contributed by atoms with Crippen LogP contribution < -0.4 is 4.74 Å². The molecule has 0 unspecified atom stereocenters. The molecule has 4 aromatic heterocycles. The first-order chi connectivity index (χ1) is 28.7. The summed E-state index contributed by atoms with van der Waals surface area (Å²) < 4.78 is 15.1. The van der Waals surface area contributed by atoms with Gasteiger partial charge in [0.05, 0.1) is 7.11 Å². The molecular formula is C50H31N5O2S. The van der Waals surface area contributed by atoms with E-state index in [2.05, 4.69) is 66.7 Å². The number of fused-ring (bicyclic) bond motifs is 6. The molecule has 274 valence electrons. The highest BCUT2D eigenvalue weighted by atomic mass is 32.1. The van der Waals surface area contributed by atoms with E-state index in [9.17, 15) is 0 Å². The minimum atomic E-state index is 0.563. The lowest BCUT2D eigenvalue weighted by Crippen LogP contribution is -2.01. The molecule has 58 heavy (non-hydrogen) atoms. The second-order valence-corrected chi connectivity index (χ2v) is 15.1. The van der Waals surface area contributed by atoms with Crippen molar-refractivity contribution in [2.24, 2.45) is 0 Å². The topological polar surface area (TPSA) is 86.8 Å². The van der Waals surface area contributed by atoms with Gasteiger partial charge in [0.15, 0.2) is 28.9 Å². The molecule has 11 rings (SSSR count). The molecule has 8 heteroatoms. The predicted molar refractivity (Wildman–Crippen MR) is 235 cm³/mol. The van der Waals surface area contributed by atoms with Crippen molar-refractivity contribution in [2.45, 2.75) is 0 Å². The normalized spacial score (nSPS) is 11.5. The average molecular weight is 766 g/mol. The number of para-hydroxylation sites is 1. The fourth-order valence-corrected chi connectivity index (χ4v) is 8.77. The van der Waals surface area contributed by atoms with E-state index < -0.39 is 0 Å². The minimum Gasteiger partial charge on any atom is -0.496 e. The molecule has 0 atom stereocenters. The van der Waals surface area contributed by atoms with E-state index in [1.54, 1.807) is 18.4 Å². The summed E-state index contributed by atoms with van der Waals surface area (Å²) in [7, 11) is 1.69. The lowest BCUT2D eigenvalue weighted by atomic mass is 9.96. The van der Waals surface area contributed by atoms with Gasteiger partial charge in [-0.2, -0.15) is 0 Å². The maximum atomic E-state index is 6.44. The standard InChI is InChI=1S/C50H31N5O2S/c1-56-41-29-32(44-46-45(38-21-10-12-22-40(38)57-46)52-47(51-44)30-14-4-2-5-15-30)24-26-35(41)34-18-8-9-20-37(34)50-54-48(31-16-6-3-7-17-31)53-49(55-50)33-25-27-43-39(28-33)36-19-11-13-23-42(36)58-43/h2-29H,1H3. The average Bonchev–Trinajstić information content (AvgIpc) is 3.87. The number of benzene rings is 7. The van der Waals surface area contributed by atoms with E-state index in [-0.39, 0.29) is 0 Å². The largest absolute Gasteiger partial charge is 0.496 e. The molecular weight excluding hydrogens is 735 g/mol. The number of hydrogen-bond acceptors (Lipinski definition) is 8. The molecule has 0 spiro atoms. The second kappa shape index (κ2) is 13.9. The summed E-state index contributed by atoms with van der Waals surface area (Å²) in [5, 5.41) is 3.35. The molecule has 0 saturated heterocycles. The van der Waals surface area contributed by atoms with Gasteiger partial charge in [0.2, 0.25) is 0 Å². The molecule has 0 bridgehead atoms. The minimum absolute atomic E-state index is 0.563. The molecule has 0 aliphatic carbocycles. The number of thiophene rings is 1. The zero-order valence-electron chi connectivity index (χ0n) is 31.1. The van der Waals surface area contributed by atoms with Crippen molar-refractivity contribution in [1.82, 2.24) is 24.9 Å². The summed E-state index contributed by atoms with van der Waals surface area (Å²) >= 11 is 1.79. The van der Waals surface area contributed by atoms with Crippen LogP contribution in [0.3, 0.4) is 0 Å². The highest BCUT2D eigenvalue weighted by molar-refractivity contribution is 7.25. The summed E-state index contributed by atoms with van der Waals surface area (Å²) in [6, 6.07) is 57.3. The molecule has 11 aromatic rings. The Morgan fingerprint density at radius 3 is 1.81 bits per heavy atom. The number of ether oxygens (including phenoxy) is 1. The van der Waals surface area contributed by atoms with Crippen molar-refractivity contribution in [3.8, 4) is 73.7 Å². The van der Waals surface area contributed by atoms with Gasteiger partial charge in [0.1, 0.15) is 22.5 Å². The number of furan rings is 1. The SMILES string of the molecule is COc1cc(-c2nc(-c3ccccc3)nc3c2oc2ccccc23)ccc1-c1ccccc1-c1nc(-c2ccccc2)nc(-c2ccc3sc4ccccc4c3c2)n1. The molecule has 7 aromatic carbocycles.